The van der Waals surface area contributed by atoms with Crippen molar-refractivity contribution in [2.45, 2.75) is 31.3 Å². The summed E-state index contributed by atoms with van der Waals surface area (Å²) in [6, 6.07) is 6.87. The maximum atomic E-state index is 12.3. The maximum Gasteiger partial charge on any atom is 0.329 e. The third-order valence-electron chi connectivity index (χ3n) is 3.80. The molecule has 2 fully saturated rings. The van der Waals surface area contributed by atoms with Gasteiger partial charge in [0.2, 0.25) is 0 Å². The average molecular weight is 245 g/mol. The van der Waals surface area contributed by atoms with E-state index < -0.39 is 5.54 Å². The quantitative estimate of drug-likeness (QED) is 0.767. The molecule has 0 atom stereocenters. The summed E-state index contributed by atoms with van der Waals surface area (Å²) in [6.07, 6.45) is 2.48. The van der Waals surface area contributed by atoms with Crippen molar-refractivity contribution in [2.24, 2.45) is 5.73 Å². The first-order valence-corrected chi connectivity index (χ1v) is 6.12. The SMILES string of the molecule is NCc1ccc(N2C(=O)NC3(CCC3)C2=O)cc1. The lowest BCUT2D eigenvalue weighted by atomic mass is 9.77. The molecule has 1 aromatic carbocycles. The number of carbonyl (C=O) groups excluding carboxylic acids is 2. The standard InChI is InChI=1S/C13H15N3O2/c14-8-9-2-4-10(5-3-9)16-11(17)13(6-1-7-13)15-12(16)18/h2-5H,1,6-8,14H2,(H,15,18). The molecule has 5 nitrogen and oxygen atoms in total. The molecule has 1 saturated heterocycles. The Labute approximate surface area is 105 Å². The number of hydrogen-bond donors (Lipinski definition) is 2. The van der Waals surface area contributed by atoms with Gasteiger partial charge in [0.1, 0.15) is 5.54 Å². The zero-order valence-electron chi connectivity index (χ0n) is 9.98. The first-order valence-electron chi connectivity index (χ1n) is 6.12. The van der Waals surface area contributed by atoms with Crippen LogP contribution in [0.4, 0.5) is 10.5 Å². The number of rotatable bonds is 2. The normalized spacial score (nSPS) is 21.1. The van der Waals surface area contributed by atoms with Crippen LogP contribution in [0.25, 0.3) is 0 Å². The first kappa shape index (κ1) is 11.2. The lowest BCUT2D eigenvalue weighted by molar-refractivity contribution is -0.124. The van der Waals surface area contributed by atoms with E-state index >= 15 is 0 Å². The van der Waals surface area contributed by atoms with Crippen molar-refractivity contribution in [1.29, 1.82) is 0 Å². The predicted octanol–water partition coefficient (Wildman–Crippen LogP) is 1.12. The minimum Gasteiger partial charge on any atom is -0.326 e. The number of anilines is 1. The van der Waals surface area contributed by atoms with E-state index in [9.17, 15) is 9.59 Å². The largest absolute Gasteiger partial charge is 0.329 e. The van der Waals surface area contributed by atoms with Crippen LogP contribution < -0.4 is 16.0 Å². The molecule has 1 heterocycles. The highest BCUT2D eigenvalue weighted by Crippen LogP contribution is 2.38. The molecule has 1 aliphatic heterocycles. The van der Waals surface area contributed by atoms with Crippen LogP contribution in [0.5, 0.6) is 0 Å². The second-order valence-corrected chi connectivity index (χ2v) is 4.88. The monoisotopic (exact) mass is 245 g/mol. The van der Waals surface area contributed by atoms with Gasteiger partial charge in [-0.1, -0.05) is 12.1 Å². The second-order valence-electron chi connectivity index (χ2n) is 4.88. The van der Waals surface area contributed by atoms with Crippen molar-refractivity contribution in [3.05, 3.63) is 29.8 Å². The van der Waals surface area contributed by atoms with Crippen LogP contribution in [0.2, 0.25) is 0 Å². The Morgan fingerprint density at radius 2 is 1.89 bits per heavy atom. The topological polar surface area (TPSA) is 75.4 Å². The highest BCUT2D eigenvalue weighted by Gasteiger charge is 2.55. The fraction of sp³-hybridized carbons (Fsp3) is 0.385. The van der Waals surface area contributed by atoms with Gasteiger partial charge in [-0.05, 0) is 37.0 Å². The van der Waals surface area contributed by atoms with E-state index in [4.69, 9.17) is 5.73 Å². The number of imide groups is 1. The number of nitrogens with zero attached hydrogens (tertiary/aromatic N) is 1. The van der Waals surface area contributed by atoms with Gasteiger partial charge in [-0.3, -0.25) is 4.79 Å². The fourth-order valence-corrected chi connectivity index (χ4v) is 2.51. The van der Waals surface area contributed by atoms with Crippen LogP contribution in [-0.4, -0.2) is 17.5 Å². The summed E-state index contributed by atoms with van der Waals surface area (Å²) < 4.78 is 0. The van der Waals surface area contributed by atoms with E-state index in [1.165, 1.54) is 4.90 Å². The van der Waals surface area contributed by atoms with Gasteiger partial charge in [-0.2, -0.15) is 0 Å². The van der Waals surface area contributed by atoms with Gasteiger partial charge in [-0.25, -0.2) is 9.69 Å². The first-order chi connectivity index (χ1) is 8.66. The van der Waals surface area contributed by atoms with Crippen LogP contribution >= 0.6 is 0 Å². The Balaban J connectivity index is 1.91. The molecule has 3 amide bonds. The highest BCUT2D eigenvalue weighted by atomic mass is 16.2. The van der Waals surface area contributed by atoms with Gasteiger partial charge in [0.15, 0.2) is 0 Å². The molecule has 3 rings (SSSR count). The summed E-state index contributed by atoms with van der Waals surface area (Å²) >= 11 is 0. The molecule has 3 N–H and O–H groups in total. The van der Waals surface area contributed by atoms with Crippen LogP contribution in [0.15, 0.2) is 24.3 Å². The number of urea groups is 1. The average Bonchev–Trinajstić information content (AvgIpc) is 2.61. The van der Waals surface area contributed by atoms with Gasteiger partial charge < -0.3 is 11.1 Å². The molecule has 0 unspecified atom stereocenters. The third-order valence-corrected chi connectivity index (χ3v) is 3.80. The fourth-order valence-electron chi connectivity index (χ4n) is 2.51. The molecule has 94 valence electrons. The lowest BCUT2D eigenvalue weighted by Gasteiger charge is -2.34. The van der Waals surface area contributed by atoms with Crippen LogP contribution in [0.1, 0.15) is 24.8 Å². The van der Waals surface area contributed by atoms with Crippen LogP contribution in [-0.2, 0) is 11.3 Å². The van der Waals surface area contributed by atoms with E-state index in [1.54, 1.807) is 12.1 Å². The summed E-state index contributed by atoms with van der Waals surface area (Å²) in [7, 11) is 0. The molecule has 5 heteroatoms. The van der Waals surface area contributed by atoms with E-state index in [0.29, 0.717) is 12.2 Å². The van der Waals surface area contributed by atoms with Crippen LogP contribution in [0, 0.1) is 0 Å². The smallest absolute Gasteiger partial charge is 0.326 e. The summed E-state index contributed by atoms with van der Waals surface area (Å²) in [5.41, 5.74) is 6.49. The summed E-state index contributed by atoms with van der Waals surface area (Å²) in [5.74, 6) is -0.126. The Hall–Kier alpha value is -1.88. The van der Waals surface area contributed by atoms with Crippen molar-refractivity contribution in [2.75, 3.05) is 4.90 Å². The number of amides is 3. The van der Waals surface area contributed by atoms with Gasteiger partial charge in [0.25, 0.3) is 5.91 Å². The summed E-state index contributed by atoms with van der Waals surface area (Å²) in [6.45, 7) is 0.449. The summed E-state index contributed by atoms with van der Waals surface area (Å²) in [4.78, 5) is 25.4. The molecule has 1 aromatic rings. The summed E-state index contributed by atoms with van der Waals surface area (Å²) in [5, 5.41) is 2.81. The van der Waals surface area contributed by atoms with Gasteiger partial charge in [0, 0.05) is 6.54 Å². The minimum absolute atomic E-state index is 0.126. The third kappa shape index (κ3) is 1.44. The lowest BCUT2D eigenvalue weighted by Crippen LogP contribution is -2.52. The van der Waals surface area contributed by atoms with Crippen molar-refractivity contribution < 1.29 is 9.59 Å². The molecule has 1 aliphatic carbocycles. The molecular formula is C13H15N3O2. The zero-order chi connectivity index (χ0) is 12.8. The zero-order valence-corrected chi connectivity index (χ0v) is 9.98. The molecule has 0 aromatic heterocycles. The molecule has 2 aliphatic rings. The molecule has 18 heavy (non-hydrogen) atoms. The number of benzene rings is 1. The second kappa shape index (κ2) is 3.81. The van der Waals surface area contributed by atoms with E-state index in [-0.39, 0.29) is 11.9 Å². The molecule has 0 bridgehead atoms. The number of nitrogens with two attached hydrogens (primary N) is 1. The molecular weight excluding hydrogens is 230 g/mol. The van der Waals surface area contributed by atoms with Crippen molar-refractivity contribution in [3.8, 4) is 0 Å². The maximum absolute atomic E-state index is 12.3. The molecule has 1 spiro atoms. The Kier molecular flexibility index (Phi) is 2.38. The van der Waals surface area contributed by atoms with Gasteiger partial charge in [-0.15, -0.1) is 0 Å². The minimum atomic E-state index is -0.621. The number of hydrogen-bond acceptors (Lipinski definition) is 3. The van der Waals surface area contributed by atoms with Crippen LogP contribution in [0.3, 0.4) is 0 Å². The molecule has 1 saturated carbocycles. The predicted molar refractivity (Wildman–Crippen MR) is 66.9 cm³/mol. The number of nitrogens with one attached hydrogen (secondary N) is 1. The Bertz CT molecular complexity index is 505. The van der Waals surface area contributed by atoms with E-state index in [1.807, 2.05) is 12.1 Å². The highest BCUT2D eigenvalue weighted by molar-refractivity contribution is 6.23. The number of carbonyl (C=O) groups is 2. The van der Waals surface area contributed by atoms with Crippen molar-refractivity contribution >= 4 is 17.6 Å². The van der Waals surface area contributed by atoms with Gasteiger partial charge in [0.05, 0.1) is 5.69 Å². The van der Waals surface area contributed by atoms with E-state index in [0.717, 1.165) is 24.8 Å². The molecule has 0 radical (unpaired) electrons. The van der Waals surface area contributed by atoms with E-state index in [2.05, 4.69) is 5.32 Å². The van der Waals surface area contributed by atoms with Gasteiger partial charge >= 0.3 is 6.03 Å². The van der Waals surface area contributed by atoms with Crippen molar-refractivity contribution in [1.82, 2.24) is 5.32 Å². The Morgan fingerprint density at radius 1 is 1.22 bits per heavy atom. The Morgan fingerprint density at radius 3 is 2.33 bits per heavy atom. The van der Waals surface area contributed by atoms with Crippen molar-refractivity contribution in [3.63, 3.8) is 0 Å².